The standard InChI is InChI=1S/C18H16F4N2O/c1-10(25)24-17-4-2-3-12-14(8-23-9-15(12)17)13-6-5-11(7-16(13)19)18(20,21)22/h5-9,17H,2-4H2,1H3,(H,24,25). The van der Waals surface area contributed by atoms with Gasteiger partial charge in [0, 0.05) is 30.4 Å². The van der Waals surface area contributed by atoms with Gasteiger partial charge in [0.1, 0.15) is 5.82 Å². The van der Waals surface area contributed by atoms with Crippen molar-refractivity contribution in [1.82, 2.24) is 10.3 Å². The average Bonchev–Trinajstić information content (AvgIpc) is 2.53. The molecule has 0 radical (unpaired) electrons. The van der Waals surface area contributed by atoms with E-state index in [0.29, 0.717) is 18.1 Å². The van der Waals surface area contributed by atoms with E-state index in [4.69, 9.17) is 0 Å². The molecular formula is C18H16F4N2O. The topological polar surface area (TPSA) is 42.0 Å². The zero-order valence-corrected chi connectivity index (χ0v) is 13.5. The number of aromatic nitrogens is 1. The quantitative estimate of drug-likeness (QED) is 0.813. The summed E-state index contributed by atoms with van der Waals surface area (Å²) in [5.74, 6) is -1.12. The van der Waals surface area contributed by atoms with Crippen molar-refractivity contribution in [3.8, 4) is 11.1 Å². The molecule has 3 nitrogen and oxygen atoms in total. The summed E-state index contributed by atoms with van der Waals surface area (Å²) in [7, 11) is 0. The first-order valence-corrected chi connectivity index (χ1v) is 7.88. The minimum Gasteiger partial charge on any atom is -0.349 e. The maximum atomic E-state index is 14.3. The van der Waals surface area contributed by atoms with Crippen LogP contribution in [0.15, 0.2) is 30.6 Å². The van der Waals surface area contributed by atoms with Gasteiger partial charge in [-0.15, -0.1) is 0 Å². The lowest BCUT2D eigenvalue weighted by Crippen LogP contribution is -2.29. The van der Waals surface area contributed by atoms with E-state index in [9.17, 15) is 22.4 Å². The van der Waals surface area contributed by atoms with Gasteiger partial charge in [-0.2, -0.15) is 13.2 Å². The lowest BCUT2D eigenvalue weighted by molar-refractivity contribution is -0.137. The van der Waals surface area contributed by atoms with Gasteiger partial charge in [0.15, 0.2) is 0 Å². The van der Waals surface area contributed by atoms with E-state index in [1.54, 1.807) is 6.20 Å². The zero-order chi connectivity index (χ0) is 18.2. The number of hydrogen-bond donors (Lipinski definition) is 1. The third kappa shape index (κ3) is 3.50. The van der Waals surface area contributed by atoms with Crippen molar-refractivity contribution >= 4 is 5.91 Å². The molecule has 0 saturated heterocycles. The van der Waals surface area contributed by atoms with E-state index < -0.39 is 17.6 Å². The Kier molecular flexibility index (Phi) is 4.49. The van der Waals surface area contributed by atoms with Gasteiger partial charge in [0.2, 0.25) is 5.91 Å². The van der Waals surface area contributed by atoms with Crippen LogP contribution < -0.4 is 5.32 Å². The molecule has 1 aromatic carbocycles. The number of amides is 1. The van der Waals surface area contributed by atoms with Crippen molar-refractivity contribution in [1.29, 1.82) is 0 Å². The molecule has 1 aromatic heterocycles. The molecule has 1 N–H and O–H groups in total. The van der Waals surface area contributed by atoms with Crippen LogP contribution in [0.2, 0.25) is 0 Å². The monoisotopic (exact) mass is 352 g/mol. The van der Waals surface area contributed by atoms with Gasteiger partial charge in [-0.25, -0.2) is 4.39 Å². The fourth-order valence-electron chi connectivity index (χ4n) is 3.26. The Balaban J connectivity index is 2.06. The first-order valence-electron chi connectivity index (χ1n) is 7.88. The molecule has 0 bridgehead atoms. The third-order valence-electron chi connectivity index (χ3n) is 4.35. The van der Waals surface area contributed by atoms with Crippen molar-refractivity contribution in [2.24, 2.45) is 0 Å². The van der Waals surface area contributed by atoms with Crippen molar-refractivity contribution < 1.29 is 22.4 Å². The Morgan fingerprint density at radius 3 is 2.64 bits per heavy atom. The summed E-state index contributed by atoms with van der Waals surface area (Å²) in [5.41, 5.74) is 1.14. The first-order chi connectivity index (χ1) is 11.8. The van der Waals surface area contributed by atoms with Crippen LogP contribution in [0.25, 0.3) is 11.1 Å². The summed E-state index contributed by atoms with van der Waals surface area (Å²) in [5, 5.41) is 2.84. The van der Waals surface area contributed by atoms with Crippen LogP contribution in [0.4, 0.5) is 17.6 Å². The number of nitrogens with one attached hydrogen (secondary N) is 1. The highest BCUT2D eigenvalue weighted by molar-refractivity contribution is 5.74. The Morgan fingerprint density at radius 1 is 1.24 bits per heavy atom. The fraction of sp³-hybridized carbons (Fsp3) is 0.333. The minimum atomic E-state index is -4.59. The third-order valence-corrected chi connectivity index (χ3v) is 4.35. The molecule has 0 spiro atoms. The number of halogens is 4. The second kappa shape index (κ2) is 6.46. The van der Waals surface area contributed by atoms with Gasteiger partial charge in [-0.05, 0) is 42.5 Å². The molecule has 1 atom stereocenters. The lowest BCUT2D eigenvalue weighted by atomic mass is 9.84. The van der Waals surface area contributed by atoms with Crippen molar-refractivity contribution in [2.45, 2.75) is 38.4 Å². The zero-order valence-electron chi connectivity index (χ0n) is 13.5. The molecule has 25 heavy (non-hydrogen) atoms. The predicted octanol–water partition coefficient (Wildman–Crippen LogP) is 4.42. The summed E-state index contributed by atoms with van der Waals surface area (Å²) in [4.78, 5) is 15.5. The smallest absolute Gasteiger partial charge is 0.349 e. The van der Waals surface area contributed by atoms with Crippen LogP contribution in [-0.2, 0) is 17.4 Å². The highest BCUT2D eigenvalue weighted by atomic mass is 19.4. The SMILES string of the molecule is CC(=O)NC1CCCc2c(-c3ccc(C(F)(F)F)cc3F)cncc21. The van der Waals surface area contributed by atoms with E-state index >= 15 is 0 Å². The molecule has 2 aromatic rings. The molecule has 3 rings (SSSR count). The van der Waals surface area contributed by atoms with Gasteiger partial charge >= 0.3 is 6.18 Å². The van der Waals surface area contributed by atoms with E-state index in [1.165, 1.54) is 13.1 Å². The molecule has 1 aliphatic rings. The number of carbonyl (C=O) groups is 1. The molecular weight excluding hydrogens is 336 g/mol. The number of fused-ring (bicyclic) bond motifs is 1. The molecule has 0 saturated carbocycles. The molecule has 7 heteroatoms. The number of nitrogens with zero attached hydrogens (tertiary/aromatic N) is 1. The number of alkyl halides is 3. The second-order valence-corrected chi connectivity index (χ2v) is 6.09. The summed E-state index contributed by atoms with van der Waals surface area (Å²) in [6.45, 7) is 1.42. The Hall–Kier alpha value is -2.44. The normalized spacial score (nSPS) is 17.1. The highest BCUT2D eigenvalue weighted by Gasteiger charge is 2.32. The summed E-state index contributed by atoms with van der Waals surface area (Å²) in [6.07, 6.45) is 0.680. The van der Waals surface area contributed by atoms with E-state index in [-0.39, 0.29) is 17.5 Å². The number of carbonyl (C=O) groups excluding carboxylic acids is 1. The van der Waals surface area contributed by atoms with Gasteiger partial charge in [-0.3, -0.25) is 9.78 Å². The van der Waals surface area contributed by atoms with Gasteiger partial charge in [0.25, 0.3) is 0 Å². The molecule has 132 valence electrons. The molecule has 1 heterocycles. The van der Waals surface area contributed by atoms with E-state index in [1.807, 2.05) is 0 Å². The number of rotatable bonds is 2. The van der Waals surface area contributed by atoms with Crippen LogP contribution in [0.3, 0.4) is 0 Å². The summed E-state index contributed by atoms with van der Waals surface area (Å²) >= 11 is 0. The molecule has 1 aliphatic carbocycles. The van der Waals surface area contributed by atoms with Crippen molar-refractivity contribution in [2.75, 3.05) is 0 Å². The number of pyridine rings is 1. The Bertz CT molecular complexity index is 817. The number of benzene rings is 1. The van der Waals surface area contributed by atoms with Crippen LogP contribution >= 0.6 is 0 Å². The maximum absolute atomic E-state index is 14.3. The Labute approximate surface area is 142 Å². The highest BCUT2D eigenvalue weighted by Crippen LogP contribution is 2.38. The van der Waals surface area contributed by atoms with Crippen molar-refractivity contribution in [3.63, 3.8) is 0 Å². The summed E-state index contributed by atoms with van der Waals surface area (Å²) < 4.78 is 52.5. The van der Waals surface area contributed by atoms with Crippen LogP contribution in [0, 0.1) is 5.82 Å². The van der Waals surface area contributed by atoms with Gasteiger partial charge in [0.05, 0.1) is 11.6 Å². The predicted molar refractivity (Wildman–Crippen MR) is 84.1 cm³/mol. The molecule has 1 amide bonds. The first kappa shape index (κ1) is 17.4. The van der Waals surface area contributed by atoms with E-state index in [2.05, 4.69) is 10.3 Å². The minimum absolute atomic E-state index is 0.0841. The van der Waals surface area contributed by atoms with E-state index in [0.717, 1.165) is 36.1 Å². The van der Waals surface area contributed by atoms with Crippen LogP contribution in [0.5, 0.6) is 0 Å². The van der Waals surface area contributed by atoms with Crippen LogP contribution in [-0.4, -0.2) is 10.9 Å². The van der Waals surface area contributed by atoms with Crippen molar-refractivity contribution in [3.05, 3.63) is 53.1 Å². The lowest BCUT2D eigenvalue weighted by Gasteiger charge is -2.27. The largest absolute Gasteiger partial charge is 0.416 e. The van der Waals surface area contributed by atoms with Gasteiger partial charge < -0.3 is 5.32 Å². The maximum Gasteiger partial charge on any atom is 0.416 e. The Morgan fingerprint density at radius 2 is 2.00 bits per heavy atom. The molecule has 0 aliphatic heterocycles. The average molecular weight is 352 g/mol. The van der Waals surface area contributed by atoms with Crippen LogP contribution in [0.1, 0.15) is 42.5 Å². The number of hydrogen-bond acceptors (Lipinski definition) is 2. The molecule has 1 unspecified atom stereocenters. The van der Waals surface area contributed by atoms with Gasteiger partial charge in [-0.1, -0.05) is 6.07 Å². The fourth-order valence-corrected chi connectivity index (χ4v) is 3.26. The molecule has 0 fully saturated rings. The second-order valence-electron chi connectivity index (χ2n) is 6.09. The summed E-state index contributed by atoms with van der Waals surface area (Å²) in [6, 6.07) is 2.29.